The van der Waals surface area contributed by atoms with Gasteiger partial charge in [0.05, 0.1) is 12.6 Å². The maximum Gasteiger partial charge on any atom is 0.238 e. The van der Waals surface area contributed by atoms with Crippen LogP contribution in [0, 0.1) is 5.92 Å². The Balaban J connectivity index is 1.85. The van der Waals surface area contributed by atoms with E-state index in [9.17, 15) is 14.7 Å². The number of hydrogen-bond donors (Lipinski definition) is 2. The quantitative estimate of drug-likeness (QED) is 0.825. The van der Waals surface area contributed by atoms with Crippen molar-refractivity contribution in [1.82, 2.24) is 4.90 Å². The molecule has 2 atom stereocenters. The van der Waals surface area contributed by atoms with E-state index in [1.165, 1.54) is 6.92 Å². The van der Waals surface area contributed by atoms with Crippen molar-refractivity contribution in [3.8, 4) is 0 Å². The predicted molar refractivity (Wildman–Crippen MR) is 81.3 cm³/mol. The van der Waals surface area contributed by atoms with Gasteiger partial charge in [0, 0.05) is 24.3 Å². The summed E-state index contributed by atoms with van der Waals surface area (Å²) in [5.41, 5.74) is 1.32. The molecule has 0 aromatic heterocycles. The zero-order valence-electron chi connectivity index (χ0n) is 12.5. The van der Waals surface area contributed by atoms with E-state index in [1.54, 1.807) is 24.3 Å². The number of ketones is 1. The Morgan fingerprint density at radius 2 is 2.00 bits per heavy atom. The standard InChI is InChI=1S/C16H22N2O3/c1-11-9-18(8-7-15(11)20)10-16(21)17-14-5-3-13(4-6-14)12(2)19/h3-6,11,15,20H,7-10H2,1-2H3,(H,17,21). The van der Waals surface area contributed by atoms with E-state index in [0.717, 1.165) is 13.1 Å². The van der Waals surface area contributed by atoms with Gasteiger partial charge in [0.15, 0.2) is 5.78 Å². The molecule has 2 unspecified atom stereocenters. The number of amides is 1. The van der Waals surface area contributed by atoms with Crippen LogP contribution in [0.25, 0.3) is 0 Å². The Labute approximate surface area is 125 Å². The van der Waals surface area contributed by atoms with Crippen molar-refractivity contribution in [2.24, 2.45) is 5.92 Å². The number of carbonyl (C=O) groups is 2. The van der Waals surface area contributed by atoms with E-state index in [-0.39, 0.29) is 23.7 Å². The van der Waals surface area contributed by atoms with Gasteiger partial charge in [0.1, 0.15) is 0 Å². The van der Waals surface area contributed by atoms with Crippen LogP contribution in [0.3, 0.4) is 0 Å². The summed E-state index contributed by atoms with van der Waals surface area (Å²) in [6.07, 6.45) is 0.449. The first-order chi connectivity index (χ1) is 9.95. The first-order valence-electron chi connectivity index (χ1n) is 7.27. The molecule has 0 aliphatic carbocycles. The van der Waals surface area contributed by atoms with Crippen LogP contribution in [0.4, 0.5) is 5.69 Å². The van der Waals surface area contributed by atoms with E-state index in [2.05, 4.69) is 10.2 Å². The number of nitrogens with one attached hydrogen (secondary N) is 1. The average molecular weight is 290 g/mol. The van der Waals surface area contributed by atoms with Gasteiger partial charge in [-0.15, -0.1) is 0 Å². The number of benzene rings is 1. The van der Waals surface area contributed by atoms with Gasteiger partial charge < -0.3 is 10.4 Å². The fourth-order valence-corrected chi connectivity index (χ4v) is 2.56. The number of nitrogens with zero attached hydrogens (tertiary/aromatic N) is 1. The highest BCUT2D eigenvalue weighted by Crippen LogP contribution is 2.16. The van der Waals surface area contributed by atoms with Crippen LogP contribution in [-0.4, -0.2) is 47.4 Å². The highest BCUT2D eigenvalue weighted by Gasteiger charge is 2.25. The topological polar surface area (TPSA) is 69.6 Å². The van der Waals surface area contributed by atoms with Crippen molar-refractivity contribution < 1.29 is 14.7 Å². The van der Waals surface area contributed by atoms with E-state index in [1.807, 2.05) is 6.92 Å². The lowest BCUT2D eigenvalue weighted by Crippen LogP contribution is -2.45. The minimum absolute atomic E-state index is 0.00809. The fraction of sp³-hybridized carbons (Fsp3) is 0.500. The Hall–Kier alpha value is -1.72. The molecule has 0 bridgehead atoms. The van der Waals surface area contributed by atoms with Crippen LogP contribution in [0.15, 0.2) is 24.3 Å². The lowest BCUT2D eigenvalue weighted by Gasteiger charge is -2.33. The molecule has 0 spiro atoms. The lowest BCUT2D eigenvalue weighted by molar-refractivity contribution is -0.118. The summed E-state index contributed by atoms with van der Waals surface area (Å²) in [7, 11) is 0. The monoisotopic (exact) mass is 290 g/mol. The maximum atomic E-state index is 12.0. The van der Waals surface area contributed by atoms with Crippen molar-refractivity contribution in [3.63, 3.8) is 0 Å². The second kappa shape index (κ2) is 6.83. The van der Waals surface area contributed by atoms with Crippen molar-refractivity contribution >= 4 is 17.4 Å². The van der Waals surface area contributed by atoms with Crippen LogP contribution in [0.5, 0.6) is 0 Å². The SMILES string of the molecule is CC(=O)c1ccc(NC(=O)CN2CCC(O)C(C)C2)cc1. The first-order valence-corrected chi connectivity index (χ1v) is 7.27. The molecule has 1 aromatic rings. The number of hydrogen-bond acceptors (Lipinski definition) is 4. The van der Waals surface area contributed by atoms with Crippen LogP contribution < -0.4 is 5.32 Å². The molecule has 1 heterocycles. The third-order valence-electron chi connectivity index (χ3n) is 3.89. The van der Waals surface area contributed by atoms with Gasteiger partial charge in [-0.05, 0) is 43.5 Å². The number of aliphatic hydroxyl groups is 1. The Bertz CT molecular complexity index is 513. The first kappa shape index (κ1) is 15.7. The molecule has 2 N–H and O–H groups in total. The Kier molecular flexibility index (Phi) is 5.09. The van der Waals surface area contributed by atoms with E-state index in [0.29, 0.717) is 24.2 Å². The molecule has 21 heavy (non-hydrogen) atoms. The molecular weight excluding hydrogens is 268 g/mol. The molecule has 2 rings (SSSR count). The number of Topliss-reactive ketones (excluding diaryl/α,β-unsaturated/α-hetero) is 1. The number of likely N-dealkylation sites (tertiary alicyclic amines) is 1. The number of anilines is 1. The molecule has 1 aromatic carbocycles. The number of piperidine rings is 1. The molecule has 114 valence electrons. The summed E-state index contributed by atoms with van der Waals surface area (Å²) in [5, 5.41) is 12.5. The van der Waals surface area contributed by atoms with Crippen molar-refractivity contribution in [2.45, 2.75) is 26.4 Å². The van der Waals surface area contributed by atoms with E-state index >= 15 is 0 Å². The van der Waals surface area contributed by atoms with Crippen molar-refractivity contribution in [2.75, 3.05) is 25.0 Å². The largest absolute Gasteiger partial charge is 0.393 e. The second-order valence-corrected chi connectivity index (χ2v) is 5.75. The maximum absolute atomic E-state index is 12.0. The number of rotatable bonds is 4. The zero-order chi connectivity index (χ0) is 15.4. The summed E-state index contributed by atoms with van der Waals surface area (Å²) in [6, 6.07) is 6.88. The predicted octanol–water partition coefficient (Wildman–Crippen LogP) is 1.53. The molecule has 1 saturated heterocycles. The summed E-state index contributed by atoms with van der Waals surface area (Å²) in [4.78, 5) is 25.2. The lowest BCUT2D eigenvalue weighted by atomic mass is 9.97. The van der Waals surface area contributed by atoms with Gasteiger partial charge >= 0.3 is 0 Å². The minimum atomic E-state index is -0.261. The highest BCUT2D eigenvalue weighted by atomic mass is 16.3. The Morgan fingerprint density at radius 1 is 1.33 bits per heavy atom. The highest BCUT2D eigenvalue weighted by molar-refractivity contribution is 5.96. The van der Waals surface area contributed by atoms with Gasteiger partial charge in [-0.25, -0.2) is 0 Å². The van der Waals surface area contributed by atoms with E-state index < -0.39 is 0 Å². The number of aliphatic hydroxyl groups excluding tert-OH is 1. The van der Waals surface area contributed by atoms with Crippen LogP contribution >= 0.6 is 0 Å². The van der Waals surface area contributed by atoms with E-state index in [4.69, 9.17) is 0 Å². The third kappa shape index (κ3) is 4.37. The molecule has 5 nitrogen and oxygen atoms in total. The van der Waals surface area contributed by atoms with Gasteiger partial charge in [0.2, 0.25) is 5.91 Å². The Morgan fingerprint density at radius 3 is 2.57 bits per heavy atom. The zero-order valence-corrected chi connectivity index (χ0v) is 12.5. The van der Waals surface area contributed by atoms with Crippen LogP contribution in [-0.2, 0) is 4.79 Å². The summed E-state index contributed by atoms with van der Waals surface area (Å²) >= 11 is 0. The molecule has 1 aliphatic rings. The van der Waals surface area contributed by atoms with Gasteiger partial charge in [-0.3, -0.25) is 14.5 Å². The molecular formula is C16H22N2O3. The van der Waals surface area contributed by atoms with Crippen molar-refractivity contribution in [3.05, 3.63) is 29.8 Å². The van der Waals surface area contributed by atoms with Gasteiger partial charge in [-0.1, -0.05) is 6.92 Å². The van der Waals surface area contributed by atoms with Crippen molar-refractivity contribution in [1.29, 1.82) is 0 Å². The molecule has 1 fully saturated rings. The van der Waals surface area contributed by atoms with Gasteiger partial charge in [0.25, 0.3) is 0 Å². The summed E-state index contributed by atoms with van der Waals surface area (Å²) in [6.45, 7) is 5.31. The third-order valence-corrected chi connectivity index (χ3v) is 3.89. The van der Waals surface area contributed by atoms with Gasteiger partial charge in [-0.2, -0.15) is 0 Å². The smallest absolute Gasteiger partial charge is 0.238 e. The summed E-state index contributed by atoms with van der Waals surface area (Å²) < 4.78 is 0. The average Bonchev–Trinajstić information content (AvgIpc) is 2.43. The van der Waals surface area contributed by atoms with Crippen LogP contribution in [0.1, 0.15) is 30.6 Å². The molecule has 1 amide bonds. The molecule has 5 heteroatoms. The van der Waals surface area contributed by atoms with Crippen LogP contribution in [0.2, 0.25) is 0 Å². The minimum Gasteiger partial charge on any atom is -0.393 e. The summed E-state index contributed by atoms with van der Waals surface area (Å²) in [5.74, 6) is 0.129. The second-order valence-electron chi connectivity index (χ2n) is 5.75. The molecule has 0 radical (unpaired) electrons. The normalized spacial score (nSPS) is 22.8. The fourth-order valence-electron chi connectivity index (χ4n) is 2.56. The molecule has 1 aliphatic heterocycles. The molecule has 0 saturated carbocycles. The number of carbonyl (C=O) groups excluding carboxylic acids is 2.